The van der Waals surface area contributed by atoms with E-state index in [2.05, 4.69) is 0 Å². The van der Waals surface area contributed by atoms with Gasteiger partial charge in [0.25, 0.3) is 0 Å². The fraction of sp³-hybridized carbons (Fsp3) is 0.143. The fourth-order valence-corrected chi connectivity index (χ4v) is 0.879. The maximum Gasteiger partial charge on any atom is 0.126 e. The van der Waals surface area contributed by atoms with Crippen LogP contribution in [-0.4, -0.2) is 0 Å². The molecule has 0 spiro atoms. The molecule has 0 unspecified atom stereocenters. The molecule has 1 rings (SSSR count). The molecule has 0 saturated carbocycles. The van der Waals surface area contributed by atoms with E-state index < -0.39 is 5.82 Å². The minimum atomic E-state index is -0.395. The Labute approximate surface area is 63.6 Å². The summed E-state index contributed by atoms with van der Waals surface area (Å²) in [5.41, 5.74) is 6.52. The van der Waals surface area contributed by atoms with Crippen LogP contribution in [0.2, 0.25) is 5.02 Å². The van der Waals surface area contributed by atoms with Crippen molar-refractivity contribution in [2.45, 2.75) is 6.92 Å². The first kappa shape index (κ1) is 7.35. The van der Waals surface area contributed by atoms with E-state index in [0.717, 1.165) is 5.56 Å². The van der Waals surface area contributed by atoms with Crippen molar-refractivity contribution in [1.29, 1.82) is 0 Å². The molecule has 3 heteroatoms. The molecule has 0 aliphatic carbocycles. The molecule has 10 heavy (non-hydrogen) atoms. The average Bonchev–Trinajstić information content (AvgIpc) is 1.82. The lowest BCUT2D eigenvalue weighted by molar-refractivity contribution is 0.628. The van der Waals surface area contributed by atoms with Crippen LogP contribution in [-0.2, 0) is 0 Å². The summed E-state index contributed by atoms with van der Waals surface area (Å²) in [6, 6.07) is 2.49. The van der Waals surface area contributed by atoms with E-state index in [1.165, 1.54) is 12.1 Å². The maximum atomic E-state index is 12.4. The van der Waals surface area contributed by atoms with Crippen LogP contribution >= 0.6 is 11.6 Å². The Kier molecular flexibility index (Phi) is 1.81. The quantitative estimate of drug-likeness (QED) is 0.578. The maximum absolute atomic E-state index is 12.4. The number of anilines is 1. The van der Waals surface area contributed by atoms with E-state index in [1.54, 1.807) is 6.92 Å². The molecule has 54 valence electrons. The minimum absolute atomic E-state index is 0.373. The third kappa shape index (κ3) is 1.21. The number of halogens is 2. The van der Waals surface area contributed by atoms with Gasteiger partial charge in [0.2, 0.25) is 0 Å². The molecule has 0 aliphatic heterocycles. The monoisotopic (exact) mass is 159 g/mol. The van der Waals surface area contributed by atoms with Gasteiger partial charge in [0.05, 0.1) is 0 Å². The van der Waals surface area contributed by atoms with E-state index >= 15 is 0 Å². The van der Waals surface area contributed by atoms with Crippen molar-refractivity contribution >= 4 is 17.3 Å². The van der Waals surface area contributed by atoms with Gasteiger partial charge < -0.3 is 5.73 Å². The van der Waals surface area contributed by atoms with Gasteiger partial charge in [-0.1, -0.05) is 11.6 Å². The third-order valence-electron chi connectivity index (χ3n) is 1.35. The lowest BCUT2D eigenvalue weighted by Gasteiger charge is -2.00. The Morgan fingerprint density at radius 3 is 2.60 bits per heavy atom. The summed E-state index contributed by atoms with van der Waals surface area (Å²) in [5.74, 6) is -0.395. The summed E-state index contributed by atoms with van der Waals surface area (Å²) >= 11 is 5.60. The van der Waals surface area contributed by atoms with Crippen molar-refractivity contribution in [3.05, 3.63) is 28.5 Å². The van der Waals surface area contributed by atoms with Crippen LogP contribution in [0.15, 0.2) is 12.1 Å². The highest BCUT2D eigenvalue weighted by Crippen LogP contribution is 2.21. The van der Waals surface area contributed by atoms with Gasteiger partial charge >= 0.3 is 0 Å². The van der Waals surface area contributed by atoms with Crippen molar-refractivity contribution in [3.63, 3.8) is 0 Å². The van der Waals surface area contributed by atoms with E-state index in [4.69, 9.17) is 17.3 Å². The van der Waals surface area contributed by atoms with Crippen molar-refractivity contribution in [2.75, 3.05) is 5.73 Å². The highest BCUT2D eigenvalue weighted by Gasteiger charge is 2.00. The first-order valence-corrected chi connectivity index (χ1v) is 3.20. The summed E-state index contributed by atoms with van der Waals surface area (Å²) < 4.78 is 12.4. The standard InChI is InChI=1S/C7H7ClFN/c1-4-6(8)2-5(9)3-7(4)10/h2-3H,10H2,1H3. The molecule has 1 aromatic carbocycles. The molecule has 0 amide bonds. The number of rotatable bonds is 0. The van der Waals surface area contributed by atoms with E-state index in [-0.39, 0.29) is 0 Å². The highest BCUT2D eigenvalue weighted by atomic mass is 35.5. The van der Waals surface area contributed by atoms with Gasteiger partial charge in [0.15, 0.2) is 0 Å². The second-order valence-electron chi connectivity index (χ2n) is 2.10. The molecular formula is C7H7ClFN. The Balaban J connectivity index is 3.31. The zero-order chi connectivity index (χ0) is 7.72. The van der Waals surface area contributed by atoms with E-state index in [0.29, 0.717) is 10.7 Å². The predicted octanol–water partition coefficient (Wildman–Crippen LogP) is 2.37. The fourth-order valence-electron chi connectivity index (χ4n) is 0.666. The largest absolute Gasteiger partial charge is 0.398 e. The predicted molar refractivity (Wildman–Crippen MR) is 40.6 cm³/mol. The zero-order valence-corrected chi connectivity index (χ0v) is 6.24. The lowest BCUT2D eigenvalue weighted by Crippen LogP contribution is -1.91. The Morgan fingerprint density at radius 1 is 1.50 bits per heavy atom. The highest BCUT2D eigenvalue weighted by molar-refractivity contribution is 6.31. The van der Waals surface area contributed by atoms with Crippen LogP contribution in [0.5, 0.6) is 0 Å². The Morgan fingerprint density at radius 2 is 2.10 bits per heavy atom. The molecule has 1 aromatic rings. The van der Waals surface area contributed by atoms with Crippen molar-refractivity contribution in [1.82, 2.24) is 0 Å². The molecule has 2 N–H and O–H groups in total. The second kappa shape index (κ2) is 2.46. The number of hydrogen-bond donors (Lipinski definition) is 1. The summed E-state index contributed by atoms with van der Waals surface area (Å²) in [7, 11) is 0. The summed E-state index contributed by atoms with van der Waals surface area (Å²) in [6.07, 6.45) is 0. The molecule has 0 aromatic heterocycles. The van der Waals surface area contributed by atoms with Crippen molar-refractivity contribution in [2.24, 2.45) is 0 Å². The number of benzene rings is 1. The Hall–Kier alpha value is -0.760. The van der Waals surface area contributed by atoms with Crippen molar-refractivity contribution < 1.29 is 4.39 Å². The summed E-state index contributed by atoms with van der Waals surface area (Å²) in [5, 5.41) is 0.373. The van der Waals surface area contributed by atoms with E-state index in [9.17, 15) is 4.39 Å². The molecule has 0 aliphatic rings. The van der Waals surface area contributed by atoms with Gasteiger partial charge in [0, 0.05) is 10.7 Å². The first-order chi connectivity index (χ1) is 4.61. The summed E-state index contributed by atoms with van der Waals surface area (Å²) in [6.45, 7) is 1.75. The molecule has 0 radical (unpaired) electrons. The second-order valence-corrected chi connectivity index (χ2v) is 2.51. The van der Waals surface area contributed by atoms with Gasteiger partial charge in [-0.3, -0.25) is 0 Å². The molecule has 0 fully saturated rings. The van der Waals surface area contributed by atoms with Crippen LogP contribution in [0, 0.1) is 12.7 Å². The van der Waals surface area contributed by atoms with Crippen LogP contribution < -0.4 is 5.73 Å². The van der Waals surface area contributed by atoms with Gasteiger partial charge in [-0.05, 0) is 24.6 Å². The smallest absolute Gasteiger partial charge is 0.126 e. The summed E-state index contributed by atoms with van der Waals surface area (Å²) in [4.78, 5) is 0. The molecular weight excluding hydrogens is 153 g/mol. The van der Waals surface area contributed by atoms with Crippen LogP contribution in [0.3, 0.4) is 0 Å². The molecule has 0 saturated heterocycles. The topological polar surface area (TPSA) is 26.0 Å². The van der Waals surface area contributed by atoms with Crippen molar-refractivity contribution in [3.8, 4) is 0 Å². The SMILES string of the molecule is Cc1c(N)cc(F)cc1Cl. The Bertz CT molecular complexity index is 237. The van der Waals surface area contributed by atoms with Gasteiger partial charge in [-0.15, -0.1) is 0 Å². The molecule has 0 heterocycles. The first-order valence-electron chi connectivity index (χ1n) is 2.82. The molecule has 0 atom stereocenters. The van der Waals surface area contributed by atoms with Gasteiger partial charge in [0.1, 0.15) is 5.82 Å². The minimum Gasteiger partial charge on any atom is -0.398 e. The lowest BCUT2D eigenvalue weighted by atomic mass is 10.2. The zero-order valence-electron chi connectivity index (χ0n) is 5.49. The normalized spacial score (nSPS) is 9.90. The molecule has 0 bridgehead atoms. The average molecular weight is 160 g/mol. The van der Waals surface area contributed by atoms with Gasteiger partial charge in [-0.25, -0.2) is 4.39 Å². The number of hydrogen-bond acceptors (Lipinski definition) is 1. The van der Waals surface area contributed by atoms with Gasteiger partial charge in [-0.2, -0.15) is 0 Å². The number of nitrogen functional groups attached to an aromatic ring is 1. The third-order valence-corrected chi connectivity index (χ3v) is 1.74. The van der Waals surface area contributed by atoms with Crippen LogP contribution in [0.1, 0.15) is 5.56 Å². The van der Waals surface area contributed by atoms with E-state index in [1.807, 2.05) is 0 Å². The van der Waals surface area contributed by atoms with Crippen LogP contribution in [0.4, 0.5) is 10.1 Å². The van der Waals surface area contributed by atoms with Crippen LogP contribution in [0.25, 0.3) is 0 Å². The molecule has 1 nitrogen and oxygen atoms in total. The number of nitrogens with two attached hydrogens (primary N) is 1.